The first-order chi connectivity index (χ1) is 8.50. The second-order valence-corrected chi connectivity index (χ2v) is 6.08. The van der Waals surface area contributed by atoms with E-state index in [0.29, 0.717) is 11.4 Å². The van der Waals surface area contributed by atoms with Crippen molar-refractivity contribution in [3.63, 3.8) is 0 Å². The molecule has 0 radical (unpaired) electrons. The van der Waals surface area contributed by atoms with Crippen molar-refractivity contribution in [1.82, 2.24) is 14.9 Å². The third kappa shape index (κ3) is 2.77. The molecule has 2 rings (SSSR count). The van der Waals surface area contributed by atoms with Crippen molar-refractivity contribution in [3.8, 4) is 5.69 Å². The monoisotopic (exact) mass is 265 g/mol. The van der Waals surface area contributed by atoms with Gasteiger partial charge in [-0.1, -0.05) is 0 Å². The molecule has 0 aliphatic heterocycles. The zero-order valence-corrected chi connectivity index (χ0v) is 11.1. The highest BCUT2D eigenvalue weighted by Crippen LogP contribution is 2.14. The van der Waals surface area contributed by atoms with Crippen LogP contribution >= 0.6 is 0 Å². The first-order valence-electron chi connectivity index (χ1n) is 5.48. The Morgan fingerprint density at radius 3 is 2.50 bits per heavy atom. The molecule has 96 valence electrons. The van der Waals surface area contributed by atoms with Gasteiger partial charge >= 0.3 is 0 Å². The number of imidazole rings is 1. The molecular formula is C12H15N3O2S. The Balaban J connectivity index is 2.28. The van der Waals surface area contributed by atoms with Crippen molar-refractivity contribution in [3.05, 3.63) is 42.5 Å². The maximum absolute atomic E-state index is 11.3. The van der Waals surface area contributed by atoms with Crippen molar-refractivity contribution in [1.29, 1.82) is 0 Å². The zero-order valence-electron chi connectivity index (χ0n) is 10.3. The van der Waals surface area contributed by atoms with Gasteiger partial charge in [0.25, 0.3) is 0 Å². The van der Waals surface area contributed by atoms with Gasteiger partial charge in [0.1, 0.15) is 0 Å². The summed E-state index contributed by atoms with van der Waals surface area (Å²) >= 11 is 0. The molecule has 0 saturated heterocycles. The molecule has 0 aliphatic carbocycles. The molecule has 0 spiro atoms. The van der Waals surface area contributed by atoms with E-state index in [-0.39, 0.29) is 0 Å². The summed E-state index contributed by atoms with van der Waals surface area (Å²) in [4.78, 5) is 4.56. The number of hydrogen-bond acceptors (Lipinski definition) is 4. The summed E-state index contributed by atoms with van der Waals surface area (Å²) in [7, 11) is -1.28. The Labute approximate surface area is 106 Å². The molecule has 1 heterocycles. The molecule has 0 amide bonds. The lowest BCUT2D eigenvalue weighted by Gasteiger charge is -2.03. The lowest BCUT2D eigenvalue weighted by atomic mass is 10.3. The lowest BCUT2D eigenvalue weighted by Crippen LogP contribution is -2.04. The van der Waals surface area contributed by atoms with Gasteiger partial charge in [-0.25, -0.2) is 13.4 Å². The van der Waals surface area contributed by atoms with E-state index in [4.69, 9.17) is 0 Å². The van der Waals surface area contributed by atoms with Crippen molar-refractivity contribution < 1.29 is 8.42 Å². The van der Waals surface area contributed by atoms with E-state index in [1.54, 1.807) is 30.6 Å². The van der Waals surface area contributed by atoms with Crippen LogP contribution in [0.3, 0.4) is 0 Å². The van der Waals surface area contributed by atoms with E-state index < -0.39 is 9.84 Å². The normalized spacial score (nSPS) is 11.7. The van der Waals surface area contributed by atoms with Gasteiger partial charge in [0, 0.05) is 24.7 Å². The van der Waals surface area contributed by atoms with E-state index in [9.17, 15) is 8.42 Å². The second kappa shape index (κ2) is 4.91. The molecule has 0 unspecified atom stereocenters. The first kappa shape index (κ1) is 12.8. The fraction of sp³-hybridized carbons (Fsp3) is 0.250. The topological polar surface area (TPSA) is 64.0 Å². The highest BCUT2D eigenvalue weighted by Gasteiger charge is 2.07. The number of nitrogens with zero attached hydrogens (tertiary/aromatic N) is 2. The lowest BCUT2D eigenvalue weighted by molar-refractivity contribution is 0.602. The van der Waals surface area contributed by atoms with Gasteiger partial charge in [0.2, 0.25) is 0 Å². The summed E-state index contributed by atoms with van der Waals surface area (Å²) in [6.07, 6.45) is 4.82. The highest BCUT2D eigenvalue weighted by molar-refractivity contribution is 7.90. The molecule has 2 aromatic rings. The quantitative estimate of drug-likeness (QED) is 0.895. The molecule has 0 aliphatic rings. The molecule has 0 saturated carbocycles. The van der Waals surface area contributed by atoms with Crippen LogP contribution in [0.2, 0.25) is 0 Å². The Kier molecular flexibility index (Phi) is 3.49. The minimum atomic E-state index is -3.14. The number of nitrogens with one attached hydrogen (secondary N) is 1. The second-order valence-electron chi connectivity index (χ2n) is 4.07. The summed E-state index contributed by atoms with van der Waals surface area (Å²) in [5, 5.41) is 3.02. The summed E-state index contributed by atoms with van der Waals surface area (Å²) in [6.45, 7) is 0.703. The molecular weight excluding hydrogens is 250 g/mol. The van der Waals surface area contributed by atoms with Crippen LogP contribution in [-0.2, 0) is 16.4 Å². The van der Waals surface area contributed by atoms with E-state index in [1.807, 2.05) is 17.8 Å². The van der Waals surface area contributed by atoms with Gasteiger partial charge in [-0.15, -0.1) is 0 Å². The van der Waals surface area contributed by atoms with Gasteiger partial charge in [0.15, 0.2) is 9.84 Å². The smallest absolute Gasteiger partial charge is 0.175 e. The number of sulfone groups is 1. The number of hydrogen-bond donors (Lipinski definition) is 1. The van der Waals surface area contributed by atoms with Crippen LogP contribution in [-0.4, -0.2) is 31.3 Å². The minimum absolute atomic E-state index is 0.321. The Morgan fingerprint density at radius 1 is 1.28 bits per heavy atom. The standard InChI is InChI=1S/C12H15N3O2S/c1-13-7-10-8-15(9-14-10)11-3-5-12(6-4-11)18(2,16)17/h3-6,8-9,13H,7H2,1-2H3. The highest BCUT2D eigenvalue weighted by atomic mass is 32.2. The van der Waals surface area contributed by atoms with Crippen molar-refractivity contribution in [2.45, 2.75) is 11.4 Å². The Morgan fingerprint density at radius 2 is 1.94 bits per heavy atom. The fourth-order valence-electron chi connectivity index (χ4n) is 1.64. The molecule has 1 N–H and O–H groups in total. The molecule has 6 heteroatoms. The van der Waals surface area contributed by atoms with Crippen LogP contribution in [0.25, 0.3) is 5.69 Å². The van der Waals surface area contributed by atoms with Crippen molar-refractivity contribution in [2.75, 3.05) is 13.3 Å². The molecule has 0 fully saturated rings. The molecule has 1 aromatic heterocycles. The summed E-state index contributed by atoms with van der Waals surface area (Å²) in [5.74, 6) is 0. The SMILES string of the molecule is CNCc1cn(-c2ccc(S(C)(=O)=O)cc2)cn1. The van der Waals surface area contributed by atoms with E-state index in [0.717, 1.165) is 11.4 Å². The number of aromatic nitrogens is 2. The van der Waals surface area contributed by atoms with E-state index in [1.165, 1.54) is 6.26 Å². The number of rotatable bonds is 4. The van der Waals surface area contributed by atoms with Gasteiger partial charge in [-0.3, -0.25) is 0 Å². The molecule has 0 atom stereocenters. The maximum atomic E-state index is 11.3. The average molecular weight is 265 g/mol. The van der Waals surface area contributed by atoms with E-state index >= 15 is 0 Å². The molecule has 1 aromatic carbocycles. The number of benzene rings is 1. The van der Waals surface area contributed by atoms with Crippen LogP contribution in [0.5, 0.6) is 0 Å². The summed E-state index contributed by atoms with van der Waals surface area (Å²) < 4.78 is 24.5. The van der Waals surface area contributed by atoms with Crippen LogP contribution in [0, 0.1) is 0 Å². The van der Waals surface area contributed by atoms with Gasteiger partial charge in [-0.05, 0) is 31.3 Å². The fourth-order valence-corrected chi connectivity index (χ4v) is 2.27. The van der Waals surface area contributed by atoms with Crippen LogP contribution in [0.4, 0.5) is 0 Å². The van der Waals surface area contributed by atoms with Gasteiger partial charge in [0.05, 0.1) is 16.9 Å². The molecule has 5 nitrogen and oxygen atoms in total. The summed E-state index contributed by atoms with van der Waals surface area (Å²) in [5.41, 5.74) is 1.82. The molecule has 0 bridgehead atoms. The van der Waals surface area contributed by atoms with Crippen LogP contribution in [0.15, 0.2) is 41.7 Å². The first-order valence-corrected chi connectivity index (χ1v) is 7.38. The Hall–Kier alpha value is -1.66. The van der Waals surface area contributed by atoms with Gasteiger partial charge < -0.3 is 9.88 Å². The minimum Gasteiger partial charge on any atom is -0.314 e. The third-order valence-electron chi connectivity index (χ3n) is 2.56. The third-order valence-corrected chi connectivity index (χ3v) is 3.69. The van der Waals surface area contributed by atoms with Gasteiger partial charge in [-0.2, -0.15) is 0 Å². The zero-order chi connectivity index (χ0) is 13.2. The van der Waals surface area contributed by atoms with Crippen LogP contribution < -0.4 is 5.32 Å². The maximum Gasteiger partial charge on any atom is 0.175 e. The predicted molar refractivity (Wildman–Crippen MR) is 69.4 cm³/mol. The van der Waals surface area contributed by atoms with E-state index in [2.05, 4.69) is 10.3 Å². The average Bonchev–Trinajstić information content (AvgIpc) is 2.77. The van der Waals surface area contributed by atoms with Crippen molar-refractivity contribution in [2.24, 2.45) is 0 Å². The summed E-state index contributed by atoms with van der Waals surface area (Å²) in [6, 6.07) is 6.73. The predicted octanol–water partition coefficient (Wildman–Crippen LogP) is 0.995. The Bertz CT molecular complexity index is 630. The molecule has 18 heavy (non-hydrogen) atoms. The largest absolute Gasteiger partial charge is 0.314 e. The van der Waals surface area contributed by atoms with Crippen molar-refractivity contribution >= 4 is 9.84 Å². The van der Waals surface area contributed by atoms with Crippen LogP contribution in [0.1, 0.15) is 5.69 Å².